The maximum absolute atomic E-state index is 14.6. The second kappa shape index (κ2) is 12.3. The second-order valence-corrected chi connectivity index (χ2v) is 15.5. The molecule has 1 aliphatic carbocycles. The Bertz CT molecular complexity index is 1340. The summed E-state index contributed by atoms with van der Waals surface area (Å²) in [5.41, 5.74) is 9.43. The smallest absolute Gasteiger partial charge is 0.232 e. The molecule has 4 atom stereocenters. The number of hydrazine groups is 1. The highest BCUT2D eigenvalue weighted by Gasteiger charge is 2.56. The summed E-state index contributed by atoms with van der Waals surface area (Å²) < 4.78 is 31.1. The number of nitrogens with zero attached hydrogens (tertiary/aromatic N) is 3. The number of aliphatic hydroxyl groups is 1. The number of rotatable bonds is 5. The molecule has 0 bridgehead atoms. The van der Waals surface area contributed by atoms with Crippen molar-refractivity contribution in [1.82, 2.24) is 19.6 Å². The van der Waals surface area contributed by atoms with Gasteiger partial charge in [-0.2, -0.15) is 4.31 Å². The zero-order valence-electron chi connectivity index (χ0n) is 25.8. The number of aryl methyl sites for hydroxylation is 1. The fraction of sp³-hybridized carbons (Fsp3) is 0.647. The number of fused-ring (bicyclic) bond motifs is 1. The summed E-state index contributed by atoms with van der Waals surface area (Å²) >= 11 is 0. The van der Waals surface area contributed by atoms with E-state index in [1.807, 2.05) is 16.4 Å². The fourth-order valence-corrected chi connectivity index (χ4v) is 11.1. The van der Waals surface area contributed by atoms with Gasteiger partial charge in [-0.3, -0.25) is 10.3 Å². The normalized spacial score (nSPS) is 29.7. The second-order valence-electron chi connectivity index (χ2n) is 13.5. The maximum Gasteiger partial charge on any atom is 0.232 e. The topological polar surface area (TPSA) is 76.1 Å². The minimum atomic E-state index is -3.58. The van der Waals surface area contributed by atoms with Gasteiger partial charge in [0.2, 0.25) is 10.0 Å². The zero-order chi connectivity index (χ0) is 29.5. The van der Waals surface area contributed by atoms with Gasteiger partial charge in [0, 0.05) is 50.1 Å². The van der Waals surface area contributed by atoms with Gasteiger partial charge in [-0.15, -0.1) is 0 Å². The lowest BCUT2D eigenvalue weighted by Crippen LogP contribution is -2.68. The Morgan fingerprint density at radius 2 is 1.62 bits per heavy atom. The lowest BCUT2D eigenvalue weighted by Gasteiger charge is -2.57. The average molecular weight is 595 g/mol. The van der Waals surface area contributed by atoms with Crippen molar-refractivity contribution in [2.24, 2.45) is 5.41 Å². The highest BCUT2D eigenvalue weighted by Crippen LogP contribution is 2.47. The third-order valence-electron chi connectivity index (χ3n) is 11.1. The molecule has 2 N–H and O–H groups in total. The van der Waals surface area contributed by atoms with Gasteiger partial charge in [-0.25, -0.2) is 13.4 Å². The first-order chi connectivity index (χ1) is 20.3. The SMILES string of the molecule is Cc1cccc(-c2ccc([C@@H]3C(CO)N4CCCCN(S(=O)(=O)C5N(C)NCC56CCCCCCC6)C[C@@H]34)cc2)c1C. The van der Waals surface area contributed by atoms with E-state index in [1.54, 1.807) is 0 Å². The van der Waals surface area contributed by atoms with Crippen molar-refractivity contribution in [2.75, 3.05) is 39.8 Å². The minimum Gasteiger partial charge on any atom is -0.395 e. The fourth-order valence-electron chi connectivity index (χ4n) is 8.64. The van der Waals surface area contributed by atoms with Gasteiger partial charge in [0.1, 0.15) is 5.37 Å². The van der Waals surface area contributed by atoms with Crippen LogP contribution in [-0.2, 0) is 10.0 Å². The van der Waals surface area contributed by atoms with Gasteiger partial charge < -0.3 is 5.11 Å². The van der Waals surface area contributed by atoms with Crippen molar-refractivity contribution in [3.8, 4) is 11.1 Å². The molecule has 3 heterocycles. The van der Waals surface area contributed by atoms with Crippen LogP contribution < -0.4 is 5.43 Å². The van der Waals surface area contributed by atoms with Crippen LogP contribution in [0.25, 0.3) is 11.1 Å². The van der Waals surface area contributed by atoms with Crippen LogP contribution in [0.3, 0.4) is 0 Å². The van der Waals surface area contributed by atoms with Crippen LogP contribution in [0, 0.1) is 19.3 Å². The summed E-state index contributed by atoms with van der Waals surface area (Å²) in [6, 6.07) is 15.3. The molecule has 1 spiro atoms. The predicted octanol–water partition coefficient (Wildman–Crippen LogP) is 5.03. The molecule has 4 aliphatic rings. The molecule has 2 aromatic rings. The number of nitrogens with one attached hydrogen (secondary N) is 1. The van der Waals surface area contributed by atoms with Crippen molar-refractivity contribution < 1.29 is 13.5 Å². The Morgan fingerprint density at radius 3 is 2.33 bits per heavy atom. The molecule has 0 aromatic heterocycles. The van der Waals surface area contributed by atoms with Crippen molar-refractivity contribution in [2.45, 2.75) is 95.0 Å². The van der Waals surface area contributed by atoms with Crippen LogP contribution in [0.15, 0.2) is 42.5 Å². The molecule has 0 radical (unpaired) electrons. The third-order valence-corrected chi connectivity index (χ3v) is 13.5. The maximum atomic E-state index is 14.6. The number of hydrogen-bond acceptors (Lipinski definition) is 6. The van der Waals surface area contributed by atoms with E-state index in [1.165, 1.54) is 47.1 Å². The Hall–Kier alpha value is -1.81. The first kappa shape index (κ1) is 30.2. The molecule has 7 nitrogen and oxygen atoms in total. The van der Waals surface area contributed by atoms with E-state index in [9.17, 15) is 13.5 Å². The van der Waals surface area contributed by atoms with Crippen LogP contribution in [0.5, 0.6) is 0 Å². The molecule has 8 heteroatoms. The Labute approximate surface area is 253 Å². The number of benzene rings is 2. The van der Waals surface area contributed by atoms with Gasteiger partial charge in [0.15, 0.2) is 0 Å². The van der Waals surface area contributed by atoms with Crippen LogP contribution >= 0.6 is 0 Å². The van der Waals surface area contributed by atoms with E-state index in [0.29, 0.717) is 13.1 Å². The molecule has 3 saturated heterocycles. The molecule has 6 rings (SSSR count). The van der Waals surface area contributed by atoms with E-state index in [0.717, 1.165) is 51.6 Å². The van der Waals surface area contributed by atoms with Gasteiger partial charge in [-0.05, 0) is 73.9 Å². The number of aliphatic hydroxyl groups excluding tert-OH is 1. The minimum absolute atomic E-state index is 0.0250. The quantitative estimate of drug-likeness (QED) is 0.506. The van der Waals surface area contributed by atoms with Crippen molar-refractivity contribution in [3.05, 3.63) is 59.2 Å². The van der Waals surface area contributed by atoms with Gasteiger partial charge in [0.05, 0.1) is 6.61 Å². The van der Waals surface area contributed by atoms with Crippen LogP contribution in [0.2, 0.25) is 0 Å². The monoisotopic (exact) mass is 594 g/mol. The van der Waals surface area contributed by atoms with Gasteiger partial charge >= 0.3 is 0 Å². The summed E-state index contributed by atoms with van der Waals surface area (Å²) in [4.78, 5) is 2.38. The number of hydrogen-bond donors (Lipinski definition) is 2. The first-order valence-electron chi connectivity index (χ1n) is 16.3. The van der Waals surface area contributed by atoms with Crippen LogP contribution in [0.1, 0.15) is 80.4 Å². The highest BCUT2D eigenvalue weighted by atomic mass is 32.2. The van der Waals surface area contributed by atoms with Crippen LogP contribution in [0.4, 0.5) is 0 Å². The largest absolute Gasteiger partial charge is 0.395 e. The van der Waals surface area contributed by atoms with Crippen LogP contribution in [-0.4, -0.2) is 85.0 Å². The molecular formula is C34H50N4O3S. The summed E-state index contributed by atoms with van der Waals surface area (Å²) in [6.07, 6.45) is 9.62. The molecule has 3 aliphatic heterocycles. The molecule has 42 heavy (non-hydrogen) atoms. The number of sulfonamides is 1. The standard InChI is InChI=1S/C34H50N4O3S/c1-25-12-11-13-29(26(25)2)27-14-16-28(17-15-27)32-30-22-37(20-9-10-21-38(30)31(32)23-39)42(40,41)33-34(24-35-36(33)3)18-7-5-4-6-8-19-34/h11-17,30-33,35,39H,4-10,18-24H2,1-3H3/t30-,31?,32-,33?/m0/s1. The van der Waals surface area contributed by atoms with E-state index >= 15 is 0 Å². The lowest BCUT2D eigenvalue weighted by molar-refractivity contribution is -0.0557. The predicted molar refractivity (Wildman–Crippen MR) is 169 cm³/mol. The van der Waals surface area contributed by atoms with E-state index in [2.05, 4.69) is 66.6 Å². The first-order valence-corrected chi connectivity index (χ1v) is 17.8. The van der Waals surface area contributed by atoms with Gasteiger partial charge in [0.25, 0.3) is 0 Å². The third kappa shape index (κ3) is 5.37. The van der Waals surface area contributed by atoms with Crippen molar-refractivity contribution in [1.29, 1.82) is 0 Å². The summed E-state index contributed by atoms with van der Waals surface area (Å²) in [5.74, 6) is 0.105. The van der Waals surface area contributed by atoms with Crippen molar-refractivity contribution >= 4 is 10.0 Å². The molecule has 0 amide bonds. The summed E-state index contributed by atoms with van der Waals surface area (Å²) in [6.45, 7) is 7.14. The Morgan fingerprint density at radius 1 is 0.929 bits per heavy atom. The summed E-state index contributed by atoms with van der Waals surface area (Å²) in [5, 5.41) is 11.9. The highest BCUT2D eigenvalue weighted by molar-refractivity contribution is 7.89. The molecule has 230 valence electrons. The summed E-state index contributed by atoms with van der Waals surface area (Å²) in [7, 11) is -1.65. The Balaban J connectivity index is 1.27. The zero-order valence-corrected chi connectivity index (χ0v) is 26.6. The molecule has 2 unspecified atom stereocenters. The molecule has 1 saturated carbocycles. The molecule has 4 fully saturated rings. The average Bonchev–Trinajstić information content (AvgIpc) is 3.29. The van der Waals surface area contributed by atoms with Crippen molar-refractivity contribution in [3.63, 3.8) is 0 Å². The van der Waals surface area contributed by atoms with Gasteiger partial charge in [-0.1, -0.05) is 74.6 Å². The van der Waals surface area contributed by atoms with E-state index in [-0.39, 0.29) is 30.0 Å². The van der Waals surface area contributed by atoms with E-state index in [4.69, 9.17) is 0 Å². The Kier molecular flexibility index (Phi) is 8.85. The molecule has 2 aromatic carbocycles. The lowest BCUT2D eigenvalue weighted by atomic mass is 9.74. The van der Waals surface area contributed by atoms with E-state index < -0.39 is 15.4 Å². The molecular weight excluding hydrogens is 544 g/mol.